The molecule has 0 aliphatic heterocycles. The minimum absolute atomic E-state index is 0.291. The van der Waals surface area contributed by atoms with Gasteiger partial charge < -0.3 is 5.32 Å². The van der Waals surface area contributed by atoms with Crippen molar-refractivity contribution in [3.8, 4) is 0 Å². The van der Waals surface area contributed by atoms with Crippen LogP contribution in [0.1, 0.15) is 11.1 Å². The molecule has 1 aromatic carbocycles. The Balaban J connectivity index is 2.06. The van der Waals surface area contributed by atoms with Crippen LogP contribution in [0.3, 0.4) is 0 Å². The topological polar surface area (TPSA) is 37.8 Å². The highest BCUT2D eigenvalue weighted by atomic mass is 35.5. The predicted molar refractivity (Wildman–Crippen MR) is 70.3 cm³/mol. The third-order valence-electron chi connectivity index (χ3n) is 2.37. The molecule has 0 atom stereocenters. The standard InChI is InChI=1S/C12H10Cl2FN3/c13-5-8-1-2-9(10(15)3-8)6-16-12-4-11(14)17-7-18-12/h1-4,7H,5-6H2,(H,16,17,18). The number of hydrogen-bond acceptors (Lipinski definition) is 3. The van der Waals surface area contributed by atoms with Crippen molar-refractivity contribution in [3.63, 3.8) is 0 Å². The van der Waals surface area contributed by atoms with Gasteiger partial charge in [-0.2, -0.15) is 0 Å². The lowest BCUT2D eigenvalue weighted by molar-refractivity contribution is 0.611. The van der Waals surface area contributed by atoms with Gasteiger partial charge in [-0.1, -0.05) is 23.7 Å². The molecule has 0 unspecified atom stereocenters. The van der Waals surface area contributed by atoms with Crippen LogP contribution >= 0.6 is 23.2 Å². The number of aromatic nitrogens is 2. The van der Waals surface area contributed by atoms with E-state index in [0.717, 1.165) is 5.56 Å². The molecule has 2 aromatic rings. The van der Waals surface area contributed by atoms with Crippen LogP contribution in [-0.2, 0) is 12.4 Å². The highest BCUT2D eigenvalue weighted by Crippen LogP contribution is 2.15. The first-order valence-corrected chi connectivity index (χ1v) is 6.15. The second-order valence-electron chi connectivity index (χ2n) is 3.64. The van der Waals surface area contributed by atoms with Crippen molar-refractivity contribution < 1.29 is 4.39 Å². The van der Waals surface area contributed by atoms with Gasteiger partial charge in [0.05, 0.1) is 0 Å². The maximum atomic E-state index is 13.7. The highest BCUT2D eigenvalue weighted by molar-refractivity contribution is 6.29. The Morgan fingerprint density at radius 2 is 2.06 bits per heavy atom. The molecule has 0 fully saturated rings. The van der Waals surface area contributed by atoms with E-state index in [9.17, 15) is 4.39 Å². The van der Waals surface area contributed by atoms with E-state index < -0.39 is 0 Å². The van der Waals surface area contributed by atoms with Crippen molar-refractivity contribution in [1.29, 1.82) is 0 Å². The van der Waals surface area contributed by atoms with Crippen LogP contribution in [0, 0.1) is 5.82 Å². The normalized spacial score (nSPS) is 10.4. The van der Waals surface area contributed by atoms with Gasteiger partial charge in [-0.05, 0) is 11.6 Å². The maximum absolute atomic E-state index is 13.7. The van der Waals surface area contributed by atoms with Crippen molar-refractivity contribution in [3.05, 3.63) is 52.7 Å². The van der Waals surface area contributed by atoms with Gasteiger partial charge in [-0.15, -0.1) is 11.6 Å². The fraction of sp³-hybridized carbons (Fsp3) is 0.167. The number of benzene rings is 1. The summed E-state index contributed by atoms with van der Waals surface area (Å²) in [5.41, 5.74) is 1.29. The van der Waals surface area contributed by atoms with Gasteiger partial charge in [-0.3, -0.25) is 0 Å². The van der Waals surface area contributed by atoms with Gasteiger partial charge in [0.25, 0.3) is 0 Å². The molecule has 2 rings (SSSR count). The third-order valence-corrected chi connectivity index (χ3v) is 2.88. The molecule has 1 N–H and O–H groups in total. The number of nitrogens with one attached hydrogen (secondary N) is 1. The van der Waals surface area contributed by atoms with Gasteiger partial charge in [-0.25, -0.2) is 14.4 Å². The highest BCUT2D eigenvalue weighted by Gasteiger charge is 2.04. The molecule has 1 aromatic heterocycles. The molecule has 0 aliphatic rings. The molecule has 18 heavy (non-hydrogen) atoms. The van der Waals surface area contributed by atoms with Crippen LogP contribution in [0.4, 0.5) is 10.2 Å². The van der Waals surface area contributed by atoms with Gasteiger partial charge >= 0.3 is 0 Å². The molecule has 0 spiro atoms. The van der Waals surface area contributed by atoms with Crippen LogP contribution in [0.25, 0.3) is 0 Å². The quantitative estimate of drug-likeness (QED) is 0.689. The Morgan fingerprint density at radius 1 is 1.22 bits per heavy atom. The van der Waals surface area contributed by atoms with Gasteiger partial charge in [0, 0.05) is 24.1 Å². The molecule has 0 amide bonds. The predicted octanol–water partition coefficient (Wildman–Crippen LogP) is 3.62. The molecular weight excluding hydrogens is 276 g/mol. The number of hydrogen-bond donors (Lipinski definition) is 1. The summed E-state index contributed by atoms with van der Waals surface area (Å²) >= 11 is 11.3. The average molecular weight is 286 g/mol. The lowest BCUT2D eigenvalue weighted by atomic mass is 10.1. The lowest BCUT2D eigenvalue weighted by Gasteiger charge is -2.07. The number of alkyl halides is 1. The van der Waals surface area contributed by atoms with Gasteiger partial charge in [0.1, 0.15) is 23.1 Å². The van der Waals surface area contributed by atoms with Crippen molar-refractivity contribution >= 4 is 29.0 Å². The zero-order chi connectivity index (χ0) is 13.0. The Bertz CT molecular complexity index is 549. The average Bonchev–Trinajstić information content (AvgIpc) is 2.37. The number of nitrogens with zero attached hydrogens (tertiary/aromatic N) is 2. The summed E-state index contributed by atoms with van der Waals surface area (Å²) in [6, 6.07) is 6.49. The third kappa shape index (κ3) is 3.31. The maximum Gasteiger partial charge on any atom is 0.134 e. The Kier molecular flexibility index (Phi) is 4.33. The number of anilines is 1. The van der Waals surface area contributed by atoms with E-state index >= 15 is 0 Å². The first-order valence-electron chi connectivity index (χ1n) is 5.23. The van der Waals surface area contributed by atoms with Gasteiger partial charge in [0.2, 0.25) is 0 Å². The summed E-state index contributed by atoms with van der Waals surface area (Å²) in [5, 5.41) is 3.31. The van der Waals surface area contributed by atoms with Crippen LogP contribution in [0.5, 0.6) is 0 Å². The summed E-state index contributed by atoms with van der Waals surface area (Å²) in [6.45, 7) is 0.321. The van der Waals surface area contributed by atoms with Gasteiger partial charge in [0.15, 0.2) is 0 Å². The van der Waals surface area contributed by atoms with E-state index in [-0.39, 0.29) is 5.82 Å². The Hall–Kier alpha value is -1.39. The molecule has 94 valence electrons. The molecule has 0 saturated carbocycles. The zero-order valence-electron chi connectivity index (χ0n) is 9.33. The Morgan fingerprint density at radius 3 is 2.72 bits per heavy atom. The van der Waals surface area contributed by atoms with Crippen molar-refractivity contribution in [1.82, 2.24) is 9.97 Å². The minimum atomic E-state index is -0.291. The van der Waals surface area contributed by atoms with Crippen molar-refractivity contribution in [2.24, 2.45) is 0 Å². The summed E-state index contributed by atoms with van der Waals surface area (Å²) in [6.07, 6.45) is 1.34. The number of halogens is 3. The van der Waals surface area contributed by atoms with Crippen LogP contribution < -0.4 is 5.32 Å². The van der Waals surface area contributed by atoms with E-state index in [1.807, 2.05) is 0 Å². The summed E-state index contributed by atoms with van der Waals surface area (Å²) in [7, 11) is 0. The molecule has 1 heterocycles. The molecular formula is C12H10Cl2FN3. The second kappa shape index (κ2) is 5.98. The second-order valence-corrected chi connectivity index (χ2v) is 4.29. The first kappa shape index (κ1) is 13.1. The fourth-order valence-electron chi connectivity index (χ4n) is 1.43. The molecule has 6 heteroatoms. The first-order chi connectivity index (χ1) is 8.69. The monoisotopic (exact) mass is 285 g/mol. The van der Waals surface area contributed by atoms with Crippen molar-refractivity contribution in [2.75, 3.05) is 5.32 Å². The van der Waals surface area contributed by atoms with E-state index in [1.165, 1.54) is 12.4 Å². The zero-order valence-corrected chi connectivity index (χ0v) is 10.8. The molecule has 0 radical (unpaired) electrons. The minimum Gasteiger partial charge on any atom is -0.366 e. The molecule has 3 nitrogen and oxygen atoms in total. The molecule has 0 bridgehead atoms. The van der Waals surface area contributed by atoms with E-state index in [4.69, 9.17) is 23.2 Å². The lowest BCUT2D eigenvalue weighted by Crippen LogP contribution is -2.04. The van der Waals surface area contributed by atoms with Crippen LogP contribution in [-0.4, -0.2) is 9.97 Å². The summed E-state index contributed by atoms with van der Waals surface area (Å²) < 4.78 is 13.7. The van der Waals surface area contributed by atoms with Crippen LogP contribution in [0.15, 0.2) is 30.6 Å². The van der Waals surface area contributed by atoms with E-state index in [1.54, 1.807) is 18.2 Å². The molecule has 0 aliphatic carbocycles. The largest absolute Gasteiger partial charge is 0.366 e. The smallest absolute Gasteiger partial charge is 0.134 e. The molecule has 0 saturated heterocycles. The number of rotatable bonds is 4. The van der Waals surface area contributed by atoms with Crippen LogP contribution in [0.2, 0.25) is 5.15 Å². The Labute approximate surface area is 114 Å². The van der Waals surface area contributed by atoms with Crippen molar-refractivity contribution in [2.45, 2.75) is 12.4 Å². The summed E-state index contributed by atoms with van der Waals surface area (Å²) in [5.74, 6) is 0.559. The summed E-state index contributed by atoms with van der Waals surface area (Å²) in [4.78, 5) is 7.73. The van der Waals surface area contributed by atoms with E-state index in [2.05, 4.69) is 15.3 Å². The SMILES string of the molecule is Fc1cc(CCl)ccc1CNc1cc(Cl)ncn1. The fourth-order valence-corrected chi connectivity index (χ4v) is 1.75. The van der Waals surface area contributed by atoms with E-state index in [0.29, 0.717) is 29.0 Å².